The second kappa shape index (κ2) is 15.2. The lowest BCUT2D eigenvalue weighted by molar-refractivity contribution is 0.673. The SMILES string of the molecule is c1ccc(-c2cccc(-n3c4ccccc4c4cc5c(cc43)c3ccccc3n5-c3cccc(-c4nc(-c5ccccc5)nc(-c5cc6c7ccccc7oc6c6c5sc5ccccc56)n4)c3)c2)cc1. The van der Waals surface area contributed by atoms with Gasteiger partial charge in [-0.3, -0.25) is 0 Å². The first-order valence-corrected chi connectivity index (χ1v) is 24.3. The highest BCUT2D eigenvalue weighted by atomic mass is 32.1. The van der Waals surface area contributed by atoms with Gasteiger partial charge in [-0.05, 0) is 77.9 Å². The minimum absolute atomic E-state index is 0.598. The Morgan fingerprint density at radius 1 is 0.343 bits per heavy atom. The number of fused-ring (bicyclic) bond motifs is 13. The Kier molecular flexibility index (Phi) is 8.43. The molecule has 15 aromatic rings. The standard InChI is InChI=1S/C63H37N5OS/c1-3-17-38(18-4-1)40-21-15-23-42(33-40)67-52-29-11-7-25-44(52)48-37-55-49(36-54(48)67)45-26-8-12-30-53(45)68(55)43-24-16-22-41(34-43)62-64-61(39-19-5-2-6-20-39)65-63(66-62)51-35-50-46-27-9-13-31-56(46)69-59(50)58-47-28-10-14-32-57(47)70-60(51)58/h1-37H. The molecule has 0 bridgehead atoms. The summed E-state index contributed by atoms with van der Waals surface area (Å²) in [5.74, 6) is 1.83. The molecule has 0 saturated heterocycles. The third kappa shape index (κ3) is 5.89. The molecule has 0 unspecified atom stereocenters. The fourth-order valence-electron chi connectivity index (χ4n) is 10.8. The molecule has 0 radical (unpaired) electrons. The van der Waals surface area contributed by atoms with Crippen LogP contribution in [0.25, 0.3) is 142 Å². The van der Waals surface area contributed by atoms with E-state index >= 15 is 0 Å². The molecule has 0 saturated carbocycles. The summed E-state index contributed by atoms with van der Waals surface area (Å²) in [5, 5.41) is 9.10. The summed E-state index contributed by atoms with van der Waals surface area (Å²) in [6, 6.07) is 79.7. The van der Waals surface area contributed by atoms with Gasteiger partial charge in [0.1, 0.15) is 11.2 Å². The zero-order chi connectivity index (χ0) is 45.9. The lowest BCUT2D eigenvalue weighted by Crippen LogP contribution is -2.01. The molecule has 7 heteroatoms. The van der Waals surface area contributed by atoms with Crippen LogP contribution in [0.2, 0.25) is 0 Å². The van der Waals surface area contributed by atoms with Gasteiger partial charge in [-0.25, -0.2) is 15.0 Å². The predicted molar refractivity (Wildman–Crippen MR) is 290 cm³/mol. The zero-order valence-corrected chi connectivity index (χ0v) is 38.2. The van der Waals surface area contributed by atoms with Gasteiger partial charge < -0.3 is 13.6 Å². The average Bonchev–Trinajstić information content (AvgIpc) is 4.18. The maximum absolute atomic E-state index is 6.65. The number of benzene rings is 10. The van der Waals surface area contributed by atoms with Crippen molar-refractivity contribution in [2.75, 3.05) is 0 Å². The topological polar surface area (TPSA) is 61.7 Å². The first-order chi connectivity index (χ1) is 34.7. The normalized spacial score (nSPS) is 12.0. The molecule has 0 fully saturated rings. The fraction of sp³-hybridized carbons (Fsp3) is 0. The minimum Gasteiger partial charge on any atom is -0.455 e. The summed E-state index contributed by atoms with van der Waals surface area (Å²) in [7, 11) is 0. The minimum atomic E-state index is 0.598. The van der Waals surface area contributed by atoms with Crippen molar-refractivity contribution in [3.05, 3.63) is 224 Å². The molecule has 0 aliphatic carbocycles. The summed E-state index contributed by atoms with van der Waals surface area (Å²) in [5.41, 5.74) is 13.6. The molecule has 70 heavy (non-hydrogen) atoms. The van der Waals surface area contributed by atoms with Gasteiger partial charge in [0.25, 0.3) is 0 Å². The van der Waals surface area contributed by atoms with Gasteiger partial charge in [0.05, 0.1) is 26.8 Å². The first-order valence-electron chi connectivity index (χ1n) is 23.5. The van der Waals surface area contributed by atoms with Crippen molar-refractivity contribution in [2.45, 2.75) is 0 Å². The fourth-order valence-corrected chi connectivity index (χ4v) is 12.0. The van der Waals surface area contributed by atoms with E-state index in [1.165, 1.54) is 42.9 Å². The van der Waals surface area contributed by atoms with E-state index in [2.05, 4.69) is 203 Å². The number of aromatic nitrogens is 5. The van der Waals surface area contributed by atoms with Crippen molar-refractivity contribution >= 4 is 97.1 Å². The van der Waals surface area contributed by atoms with Gasteiger partial charge in [-0.2, -0.15) is 0 Å². The van der Waals surface area contributed by atoms with Crippen LogP contribution in [0.5, 0.6) is 0 Å². The van der Waals surface area contributed by atoms with Crippen molar-refractivity contribution in [3.63, 3.8) is 0 Å². The van der Waals surface area contributed by atoms with Crippen molar-refractivity contribution in [1.82, 2.24) is 24.1 Å². The van der Waals surface area contributed by atoms with E-state index in [4.69, 9.17) is 19.4 Å². The summed E-state index contributed by atoms with van der Waals surface area (Å²) in [6.45, 7) is 0. The number of hydrogen-bond donors (Lipinski definition) is 0. The Bertz CT molecular complexity index is 4600. The predicted octanol–water partition coefficient (Wildman–Crippen LogP) is 17.0. The van der Waals surface area contributed by atoms with Crippen molar-refractivity contribution in [1.29, 1.82) is 0 Å². The molecular formula is C63H37N5OS. The van der Waals surface area contributed by atoms with Crippen molar-refractivity contribution in [2.24, 2.45) is 0 Å². The largest absolute Gasteiger partial charge is 0.455 e. The van der Waals surface area contributed by atoms with Gasteiger partial charge >= 0.3 is 0 Å². The molecule has 0 amide bonds. The van der Waals surface area contributed by atoms with E-state index in [0.29, 0.717) is 17.5 Å². The van der Waals surface area contributed by atoms with Crippen LogP contribution in [0.4, 0.5) is 0 Å². The van der Waals surface area contributed by atoms with Gasteiger partial charge in [-0.15, -0.1) is 11.3 Å². The monoisotopic (exact) mass is 911 g/mol. The molecular weight excluding hydrogens is 875 g/mol. The molecule has 6 nitrogen and oxygen atoms in total. The molecule has 0 atom stereocenters. The van der Waals surface area contributed by atoms with Crippen LogP contribution in [0.1, 0.15) is 0 Å². The molecule has 5 heterocycles. The molecule has 0 spiro atoms. The smallest absolute Gasteiger partial charge is 0.165 e. The van der Waals surface area contributed by atoms with E-state index in [9.17, 15) is 0 Å². The summed E-state index contributed by atoms with van der Waals surface area (Å²) >= 11 is 1.75. The van der Waals surface area contributed by atoms with Gasteiger partial charge in [0, 0.05) is 75.9 Å². The highest BCUT2D eigenvalue weighted by Crippen LogP contribution is 2.47. The summed E-state index contributed by atoms with van der Waals surface area (Å²) in [4.78, 5) is 16.0. The van der Waals surface area contributed by atoms with Crippen LogP contribution < -0.4 is 0 Å². The average molecular weight is 912 g/mol. The van der Waals surface area contributed by atoms with E-state index in [-0.39, 0.29) is 0 Å². The first kappa shape index (κ1) is 38.9. The quantitative estimate of drug-likeness (QED) is 0.167. The number of rotatable bonds is 6. The van der Waals surface area contributed by atoms with E-state index in [1.54, 1.807) is 11.3 Å². The van der Waals surface area contributed by atoms with E-state index < -0.39 is 0 Å². The maximum atomic E-state index is 6.65. The Morgan fingerprint density at radius 3 is 1.54 bits per heavy atom. The Morgan fingerprint density at radius 2 is 0.857 bits per heavy atom. The Balaban J connectivity index is 0.945. The number of furan rings is 1. The molecule has 326 valence electrons. The number of para-hydroxylation sites is 3. The van der Waals surface area contributed by atoms with Crippen LogP contribution in [0, 0.1) is 0 Å². The van der Waals surface area contributed by atoms with Crippen LogP contribution in [0.15, 0.2) is 229 Å². The number of hydrogen-bond acceptors (Lipinski definition) is 5. The molecule has 15 rings (SSSR count). The lowest BCUT2D eigenvalue weighted by atomic mass is 10.0. The molecule has 0 aliphatic heterocycles. The molecule has 0 N–H and O–H groups in total. The Hall–Kier alpha value is -9.17. The van der Waals surface area contributed by atoms with Crippen LogP contribution in [-0.4, -0.2) is 24.1 Å². The second-order valence-electron chi connectivity index (χ2n) is 17.9. The van der Waals surface area contributed by atoms with E-state index in [1.807, 2.05) is 30.3 Å². The molecule has 5 aromatic heterocycles. The second-order valence-corrected chi connectivity index (χ2v) is 19.0. The van der Waals surface area contributed by atoms with Crippen LogP contribution in [0.3, 0.4) is 0 Å². The van der Waals surface area contributed by atoms with Crippen molar-refractivity contribution < 1.29 is 4.42 Å². The maximum Gasteiger partial charge on any atom is 0.165 e. The Labute approximate surface area is 404 Å². The lowest BCUT2D eigenvalue weighted by Gasteiger charge is -2.12. The van der Waals surface area contributed by atoms with Gasteiger partial charge in [0.15, 0.2) is 17.5 Å². The highest BCUT2D eigenvalue weighted by molar-refractivity contribution is 7.26. The van der Waals surface area contributed by atoms with Gasteiger partial charge in [0.2, 0.25) is 0 Å². The number of nitrogens with zero attached hydrogens (tertiary/aromatic N) is 5. The van der Waals surface area contributed by atoms with Crippen LogP contribution in [-0.2, 0) is 0 Å². The van der Waals surface area contributed by atoms with E-state index in [0.717, 1.165) is 82.0 Å². The third-order valence-corrected chi connectivity index (χ3v) is 15.1. The summed E-state index contributed by atoms with van der Waals surface area (Å²) in [6.07, 6.45) is 0. The molecule has 0 aliphatic rings. The summed E-state index contributed by atoms with van der Waals surface area (Å²) < 4.78 is 13.7. The zero-order valence-electron chi connectivity index (χ0n) is 37.4. The third-order valence-electron chi connectivity index (χ3n) is 13.9. The highest BCUT2D eigenvalue weighted by Gasteiger charge is 2.23. The van der Waals surface area contributed by atoms with Crippen LogP contribution >= 0.6 is 11.3 Å². The molecule has 10 aromatic carbocycles. The number of thiophene rings is 1. The van der Waals surface area contributed by atoms with Crippen molar-refractivity contribution in [3.8, 4) is 56.7 Å². The van der Waals surface area contributed by atoms with Gasteiger partial charge in [-0.1, -0.05) is 158 Å².